The molecule has 74 valence electrons. The minimum atomic E-state index is -0.173. The third kappa shape index (κ3) is 4.51. The highest BCUT2D eigenvalue weighted by Crippen LogP contribution is 2.18. The third-order valence-electron chi connectivity index (χ3n) is 1.96. The Kier molecular flexibility index (Phi) is 5.96. The summed E-state index contributed by atoms with van der Waals surface area (Å²) in [6.45, 7) is 6.14. The summed E-state index contributed by atoms with van der Waals surface area (Å²) in [6.07, 6.45) is 1.02. The van der Waals surface area contributed by atoms with Gasteiger partial charge in [-0.05, 0) is 19.3 Å². The van der Waals surface area contributed by atoms with Crippen molar-refractivity contribution in [3.8, 4) is 6.07 Å². The summed E-state index contributed by atoms with van der Waals surface area (Å²) in [7, 11) is 0. The second-order valence-corrected chi connectivity index (χ2v) is 3.30. The van der Waals surface area contributed by atoms with Gasteiger partial charge in [0.1, 0.15) is 0 Å². The molecular formula is C10H17NO2. The lowest BCUT2D eigenvalue weighted by Gasteiger charge is -2.17. The first-order chi connectivity index (χ1) is 6.13. The fourth-order valence-corrected chi connectivity index (χ4v) is 1.19. The molecule has 13 heavy (non-hydrogen) atoms. The maximum Gasteiger partial charge on any atom is 0.309 e. The second kappa shape index (κ2) is 6.47. The number of esters is 1. The highest BCUT2D eigenvalue weighted by atomic mass is 16.5. The van der Waals surface area contributed by atoms with E-state index in [9.17, 15) is 4.79 Å². The van der Waals surface area contributed by atoms with E-state index in [4.69, 9.17) is 10.00 Å². The highest BCUT2D eigenvalue weighted by molar-refractivity contribution is 5.72. The van der Waals surface area contributed by atoms with Crippen molar-refractivity contribution in [2.45, 2.75) is 33.6 Å². The van der Waals surface area contributed by atoms with E-state index >= 15 is 0 Å². The van der Waals surface area contributed by atoms with Gasteiger partial charge in [-0.25, -0.2) is 0 Å². The summed E-state index contributed by atoms with van der Waals surface area (Å²) < 4.78 is 4.91. The van der Waals surface area contributed by atoms with E-state index in [-0.39, 0.29) is 17.8 Å². The molecule has 0 aliphatic rings. The summed E-state index contributed by atoms with van der Waals surface area (Å²) in [5, 5.41) is 8.41. The van der Waals surface area contributed by atoms with Crippen molar-refractivity contribution in [1.82, 2.24) is 0 Å². The van der Waals surface area contributed by atoms with Gasteiger partial charge >= 0.3 is 5.97 Å². The van der Waals surface area contributed by atoms with Crippen LogP contribution in [-0.4, -0.2) is 12.6 Å². The number of nitrogens with zero attached hydrogens (tertiary/aromatic N) is 1. The van der Waals surface area contributed by atoms with Gasteiger partial charge in [-0.1, -0.05) is 13.8 Å². The van der Waals surface area contributed by atoms with Crippen LogP contribution in [0, 0.1) is 23.2 Å². The first-order valence-corrected chi connectivity index (χ1v) is 4.67. The summed E-state index contributed by atoms with van der Waals surface area (Å²) in [4.78, 5) is 11.4. The summed E-state index contributed by atoms with van der Waals surface area (Å²) >= 11 is 0. The molecule has 3 heteroatoms. The normalized spacial score (nSPS) is 12.2. The molecule has 3 nitrogen and oxygen atoms in total. The van der Waals surface area contributed by atoms with Crippen molar-refractivity contribution in [3.05, 3.63) is 0 Å². The predicted octanol–water partition coefficient (Wildman–Crippen LogP) is 2.13. The van der Waals surface area contributed by atoms with E-state index in [1.54, 1.807) is 6.92 Å². The molecular weight excluding hydrogens is 166 g/mol. The van der Waals surface area contributed by atoms with Gasteiger partial charge < -0.3 is 4.74 Å². The van der Waals surface area contributed by atoms with Gasteiger partial charge in [0.05, 0.1) is 18.6 Å². The quantitative estimate of drug-likeness (QED) is 0.613. The Morgan fingerprint density at radius 1 is 1.54 bits per heavy atom. The smallest absolute Gasteiger partial charge is 0.309 e. The van der Waals surface area contributed by atoms with E-state index < -0.39 is 0 Å². The van der Waals surface area contributed by atoms with Gasteiger partial charge in [0, 0.05) is 6.42 Å². The molecule has 0 spiro atoms. The first-order valence-electron chi connectivity index (χ1n) is 4.67. The average Bonchev–Trinajstić information content (AvgIpc) is 2.05. The molecule has 0 bridgehead atoms. The van der Waals surface area contributed by atoms with Crippen LogP contribution in [-0.2, 0) is 9.53 Å². The Morgan fingerprint density at radius 2 is 2.15 bits per heavy atom. The molecule has 0 saturated carbocycles. The average molecular weight is 183 g/mol. The van der Waals surface area contributed by atoms with Gasteiger partial charge in [-0.3, -0.25) is 4.79 Å². The first kappa shape index (κ1) is 12.0. The van der Waals surface area contributed by atoms with Crippen LogP contribution in [0.25, 0.3) is 0 Å². The molecule has 0 fully saturated rings. The van der Waals surface area contributed by atoms with Crippen molar-refractivity contribution in [2.24, 2.45) is 11.8 Å². The van der Waals surface area contributed by atoms with Crippen LogP contribution in [0.4, 0.5) is 0 Å². The minimum Gasteiger partial charge on any atom is -0.466 e. The van der Waals surface area contributed by atoms with Crippen LogP contribution in [0.1, 0.15) is 33.6 Å². The molecule has 1 unspecified atom stereocenters. The summed E-state index contributed by atoms with van der Waals surface area (Å²) in [5.41, 5.74) is 0. The Balaban J connectivity index is 4.09. The van der Waals surface area contributed by atoms with Crippen LogP contribution in [0.5, 0.6) is 0 Å². The summed E-state index contributed by atoms with van der Waals surface area (Å²) in [5.74, 6) is -0.0558. The Labute approximate surface area is 79.7 Å². The highest BCUT2D eigenvalue weighted by Gasteiger charge is 2.22. The predicted molar refractivity (Wildman–Crippen MR) is 49.8 cm³/mol. The van der Waals surface area contributed by atoms with E-state index in [0.29, 0.717) is 19.4 Å². The molecule has 0 saturated heterocycles. The van der Waals surface area contributed by atoms with Crippen LogP contribution < -0.4 is 0 Å². The van der Waals surface area contributed by atoms with Crippen molar-refractivity contribution in [1.29, 1.82) is 5.26 Å². The van der Waals surface area contributed by atoms with Crippen molar-refractivity contribution in [3.63, 3.8) is 0 Å². The molecule has 0 heterocycles. The van der Waals surface area contributed by atoms with Crippen LogP contribution in [0.3, 0.4) is 0 Å². The fourth-order valence-electron chi connectivity index (χ4n) is 1.19. The largest absolute Gasteiger partial charge is 0.466 e. The molecule has 0 aromatic rings. The van der Waals surface area contributed by atoms with Crippen LogP contribution >= 0.6 is 0 Å². The third-order valence-corrected chi connectivity index (χ3v) is 1.96. The van der Waals surface area contributed by atoms with Gasteiger partial charge in [0.15, 0.2) is 0 Å². The maximum absolute atomic E-state index is 11.4. The Bertz CT molecular complexity index is 194. The number of carbonyl (C=O) groups is 1. The van der Waals surface area contributed by atoms with Gasteiger partial charge in [0.2, 0.25) is 0 Å². The minimum absolute atomic E-state index is 0.125. The standard InChI is InChI=1S/C10H17NO2/c1-4-13-10(12)9(8(2)3)6-5-7-11/h8-9H,4-6H2,1-3H3. The van der Waals surface area contributed by atoms with Crippen molar-refractivity contribution >= 4 is 5.97 Å². The zero-order valence-electron chi connectivity index (χ0n) is 8.54. The molecule has 1 atom stereocenters. The van der Waals surface area contributed by atoms with E-state index in [1.165, 1.54) is 0 Å². The van der Waals surface area contributed by atoms with E-state index in [1.807, 2.05) is 19.9 Å². The Hall–Kier alpha value is -1.04. The van der Waals surface area contributed by atoms with E-state index in [2.05, 4.69) is 0 Å². The summed E-state index contributed by atoms with van der Waals surface area (Å²) in [6, 6.07) is 2.04. The van der Waals surface area contributed by atoms with Crippen LogP contribution in [0.2, 0.25) is 0 Å². The lowest BCUT2D eigenvalue weighted by molar-refractivity contribution is -0.149. The van der Waals surface area contributed by atoms with Crippen LogP contribution in [0.15, 0.2) is 0 Å². The molecule has 0 aliphatic heterocycles. The molecule has 0 radical (unpaired) electrons. The van der Waals surface area contributed by atoms with Crippen molar-refractivity contribution < 1.29 is 9.53 Å². The van der Waals surface area contributed by atoms with Gasteiger partial charge in [0.25, 0.3) is 0 Å². The van der Waals surface area contributed by atoms with E-state index in [0.717, 1.165) is 0 Å². The lowest BCUT2D eigenvalue weighted by Crippen LogP contribution is -2.22. The van der Waals surface area contributed by atoms with Gasteiger partial charge in [-0.2, -0.15) is 5.26 Å². The molecule has 0 rings (SSSR count). The Morgan fingerprint density at radius 3 is 2.54 bits per heavy atom. The fraction of sp³-hybridized carbons (Fsp3) is 0.800. The number of rotatable bonds is 5. The molecule has 0 N–H and O–H groups in total. The monoisotopic (exact) mass is 183 g/mol. The van der Waals surface area contributed by atoms with Crippen molar-refractivity contribution in [2.75, 3.05) is 6.61 Å². The molecule has 0 amide bonds. The van der Waals surface area contributed by atoms with Gasteiger partial charge in [-0.15, -0.1) is 0 Å². The maximum atomic E-state index is 11.4. The molecule has 0 aromatic heterocycles. The molecule has 0 aromatic carbocycles. The number of hydrogen-bond acceptors (Lipinski definition) is 3. The zero-order valence-corrected chi connectivity index (χ0v) is 8.54. The lowest BCUT2D eigenvalue weighted by atomic mass is 9.91. The molecule has 0 aliphatic carbocycles. The topological polar surface area (TPSA) is 50.1 Å². The second-order valence-electron chi connectivity index (χ2n) is 3.30. The zero-order chi connectivity index (χ0) is 10.3. The number of hydrogen-bond donors (Lipinski definition) is 0. The number of nitriles is 1. The SMILES string of the molecule is CCOC(=O)C(CCC#N)C(C)C. The number of ether oxygens (including phenoxy) is 1. The number of carbonyl (C=O) groups excluding carboxylic acids is 1.